The summed E-state index contributed by atoms with van der Waals surface area (Å²) in [6.07, 6.45) is 0.722. The van der Waals surface area contributed by atoms with Gasteiger partial charge in [0.2, 0.25) is 5.90 Å². The third-order valence-electron chi connectivity index (χ3n) is 3.07. The maximum atomic E-state index is 12.1. The Morgan fingerprint density at radius 1 is 1.38 bits per heavy atom. The number of hydrazone groups is 1. The topological polar surface area (TPSA) is 64.0 Å². The summed E-state index contributed by atoms with van der Waals surface area (Å²) in [6, 6.07) is 3.32. The Balaban J connectivity index is 2.09. The zero-order valence-electron chi connectivity index (χ0n) is 14.8. The summed E-state index contributed by atoms with van der Waals surface area (Å²) in [7, 11) is 0. The molecule has 2 rings (SSSR count). The molecule has 1 aliphatic heterocycles. The number of nitrogens with zero attached hydrogens (tertiary/aromatic N) is 3. The Morgan fingerprint density at radius 2 is 2.08 bits per heavy atom. The molecule has 0 saturated heterocycles. The van der Waals surface area contributed by atoms with Gasteiger partial charge in [-0.25, -0.2) is 14.8 Å². The summed E-state index contributed by atoms with van der Waals surface area (Å²) < 4.78 is 11.0. The molecule has 6 nitrogen and oxygen atoms in total. The van der Waals surface area contributed by atoms with E-state index >= 15 is 0 Å². The number of aromatic nitrogens is 1. The number of hydrogen-bond acceptors (Lipinski definition) is 6. The maximum absolute atomic E-state index is 12.1. The van der Waals surface area contributed by atoms with Crippen molar-refractivity contribution >= 4 is 29.3 Å². The molecule has 0 aromatic carbocycles. The molecule has 7 heteroatoms. The van der Waals surface area contributed by atoms with E-state index in [9.17, 15) is 4.79 Å². The molecule has 0 amide bonds. The third kappa shape index (κ3) is 5.09. The van der Waals surface area contributed by atoms with Crippen molar-refractivity contribution in [2.75, 3.05) is 18.2 Å². The molecule has 1 aliphatic rings. The van der Waals surface area contributed by atoms with E-state index in [1.807, 2.05) is 0 Å². The summed E-state index contributed by atoms with van der Waals surface area (Å²) in [5, 5.41) is 6.22. The van der Waals surface area contributed by atoms with Crippen LogP contribution in [-0.4, -0.2) is 35.6 Å². The van der Waals surface area contributed by atoms with E-state index in [0.29, 0.717) is 30.8 Å². The molecule has 0 saturated carbocycles. The molecule has 2 heterocycles. The Kier molecular flexibility index (Phi) is 5.70. The van der Waals surface area contributed by atoms with Crippen LogP contribution in [0.15, 0.2) is 17.2 Å². The van der Waals surface area contributed by atoms with Gasteiger partial charge in [-0.15, -0.1) is 5.10 Å². The van der Waals surface area contributed by atoms with E-state index in [0.717, 1.165) is 6.42 Å². The minimum Gasteiger partial charge on any atom is -0.479 e. The van der Waals surface area contributed by atoms with Crippen molar-refractivity contribution in [2.45, 2.75) is 46.6 Å². The van der Waals surface area contributed by atoms with Gasteiger partial charge in [0, 0.05) is 6.42 Å². The van der Waals surface area contributed by atoms with E-state index < -0.39 is 11.6 Å². The zero-order valence-corrected chi connectivity index (χ0v) is 15.6. The van der Waals surface area contributed by atoms with E-state index in [1.54, 1.807) is 37.9 Å². The molecule has 0 atom stereocenters. The average Bonchev–Trinajstić information content (AvgIpc) is 2.91. The summed E-state index contributed by atoms with van der Waals surface area (Å²) in [4.78, 5) is 16.4. The lowest BCUT2D eigenvalue weighted by molar-refractivity contribution is 0.00693. The van der Waals surface area contributed by atoms with Crippen LogP contribution in [0, 0.1) is 5.92 Å². The van der Waals surface area contributed by atoms with Crippen LogP contribution in [-0.2, 0) is 9.47 Å². The number of carbonyl (C=O) groups is 1. The number of esters is 1. The first-order chi connectivity index (χ1) is 11.2. The molecular weight excluding hydrogens is 330 g/mol. The molecule has 0 N–H and O–H groups in total. The van der Waals surface area contributed by atoms with Gasteiger partial charge in [0.25, 0.3) is 0 Å². The lowest BCUT2D eigenvalue weighted by Crippen LogP contribution is -2.24. The zero-order chi connectivity index (χ0) is 17.9. The lowest BCUT2D eigenvalue weighted by Gasteiger charge is -2.20. The first kappa shape index (κ1) is 18.5. The van der Waals surface area contributed by atoms with Crippen molar-refractivity contribution in [1.29, 1.82) is 0 Å². The number of ether oxygens (including phenoxy) is 2. The lowest BCUT2D eigenvalue weighted by atomic mass is 10.2. The van der Waals surface area contributed by atoms with Gasteiger partial charge in [-0.05, 0) is 38.8 Å². The summed E-state index contributed by atoms with van der Waals surface area (Å²) in [6.45, 7) is 10.9. The van der Waals surface area contributed by atoms with Crippen molar-refractivity contribution in [2.24, 2.45) is 11.0 Å². The third-order valence-corrected chi connectivity index (χ3v) is 3.36. The molecule has 0 bridgehead atoms. The highest BCUT2D eigenvalue weighted by atomic mass is 35.5. The summed E-state index contributed by atoms with van der Waals surface area (Å²) in [5.41, 5.74) is -0.337. The predicted octanol–water partition coefficient (Wildman–Crippen LogP) is 3.89. The number of anilines is 1. The fourth-order valence-electron chi connectivity index (χ4n) is 2.02. The summed E-state index contributed by atoms with van der Waals surface area (Å²) >= 11 is 6.15. The molecule has 0 spiro atoms. The first-order valence-electron chi connectivity index (χ1n) is 8.03. The molecule has 1 aromatic rings. The van der Waals surface area contributed by atoms with Gasteiger partial charge in [-0.3, -0.25) is 0 Å². The molecule has 0 fully saturated rings. The number of carbonyl (C=O) groups excluding carboxylic acids is 1. The standard InChI is InChI=1S/C17H24ClN3O3/c1-11(2)10-23-14-8-9-21(20-14)13-7-6-12(15(18)19-13)16(22)24-17(3,4)5/h6-7,11H,8-10H2,1-5H3. The number of hydrogen-bond donors (Lipinski definition) is 0. The van der Waals surface area contributed by atoms with Crippen LogP contribution < -0.4 is 5.01 Å². The van der Waals surface area contributed by atoms with Gasteiger partial charge in [0.15, 0.2) is 5.82 Å². The Bertz CT molecular complexity index is 638. The molecular formula is C17H24ClN3O3. The fourth-order valence-corrected chi connectivity index (χ4v) is 2.25. The summed E-state index contributed by atoms with van der Waals surface area (Å²) in [5.74, 6) is 1.23. The van der Waals surface area contributed by atoms with Gasteiger partial charge < -0.3 is 9.47 Å². The largest absolute Gasteiger partial charge is 0.479 e. The Hall–Kier alpha value is -1.82. The maximum Gasteiger partial charge on any atom is 0.341 e. The predicted molar refractivity (Wildman–Crippen MR) is 94.6 cm³/mol. The quantitative estimate of drug-likeness (QED) is 0.607. The van der Waals surface area contributed by atoms with Crippen molar-refractivity contribution in [3.8, 4) is 0 Å². The monoisotopic (exact) mass is 353 g/mol. The van der Waals surface area contributed by atoms with Crippen molar-refractivity contribution < 1.29 is 14.3 Å². The highest BCUT2D eigenvalue weighted by Crippen LogP contribution is 2.24. The van der Waals surface area contributed by atoms with Gasteiger partial charge >= 0.3 is 5.97 Å². The molecule has 0 aliphatic carbocycles. The highest BCUT2D eigenvalue weighted by Gasteiger charge is 2.23. The average molecular weight is 354 g/mol. The Labute approximate surface area is 147 Å². The van der Waals surface area contributed by atoms with Gasteiger partial charge in [0.05, 0.1) is 18.7 Å². The van der Waals surface area contributed by atoms with Gasteiger partial charge in [-0.1, -0.05) is 25.4 Å². The minimum atomic E-state index is -0.582. The minimum absolute atomic E-state index is 0.105. The van der Waals surface area contributed by atoms with Crippen LogP contribution in [0.4, 0.5) is 5.82 Å². The van der Waals surface area contributed by atoms with Crippen LogP contribution >= 0.6 is 11.6 Å². The van der Waals surface area contributed by atoms with E-state index in [-0.39, 0.29) is 10.7 Å². The molecule has 0 radical (unpaired) electrons. The van der Waals surface area contributed by atoms with Crippen LogP contribution in [0.3, 0.4) is 0 Å². The number of halogens is 1. The molecule has 24 heavy (non-hydrogen) atoms. The van der Waals surface area contributed by atoms with E-state index in [4.69, 9.17) is 21.1 Å². The van der Waals surface area contributed by atoms with Gasteiger partial charge in [0.1, 0.15) is 10.8 Å². The smallest absolute Gasteiger partial charge is 0.341 e. The van der Waals surface area contributed by atoms with E-state index in [2.05, 4.69) is 23.9 Å². The normalized spacial score (nSPS) is 14.8. The highest BCUT2D eigenvalue weighted by molar-refractivity contribution is 6.32. The fraction of sp³-hybridized carbons (Fsp3) is 0.588. The van der Waals surface area contributed by atoms with Crippen molar-refractivity contribution in [3.63, 3.8) is 0 Å². The van der Waals surface area contributed by atoms with Crippen molar-refractivity contribution in [1.82, 2.24) is 4.98 Å². The van der Waals surface area contributed by atoms with Crippen molar-refractivity contribution in [3.05, 3.63) is 22.8 Å². The van der Waals surface area contributed by atoms with Crippen LogP contribution in [0.25, 0.3) is 0 Å². The van der Waals surface area contributed by atoms with Crippen LogP contribution in [0.5, 0.6) is 0 Å². The van der Waals surface area contributed by atoms with E-state index in [1.165, 1.54) is 0 Å². The van der Waals surface area contributed by atoms with Gasteiger partial charge in [-0.2, -0.15) is 0 Å². The number of rotatable bonds is 4. The second kappa shape index (κ2) is 7.38. The molecule has 1 aromatic heterocycles. The molecule has 132 valence electrons. The number of pyridine rings is 1. The second-order valence-corrected chi connectivity index (χ2v) is 7.44. The SMILES string of the molecule is CC(C)COC1=NN(c2ccc(C(=O)OC(C)(C)C)c(Cl)n2)CC1. The Morgan fingerprint density at radius 3 is 2.67 bits per heavy atom. The van der Waals surface area contributed by atoms with Crippen LogP contribution in [0.1, 0.15) is 51.4 Å². The second-order valence-electron chi connectivity index (χ2n) is 7.08. The molecule has 0 unspecified atom stereocenters. The first-order valence-corrected chi connectivity index (χ1v) is 8.41. The van der Waals surface area contributed by atoms with Crippen LogP contribution in [0.2, 0.25) is 5.15 Å².